The van der Waals surface area contributed by atoms with Crippen LogP contribution in [0.15, 0.2) is 46.0 Å². The summed E-state index contributed by atoms with van der Waals surface area (Å²) in [5.74, 6) is 0.717. The number of thiophene rings is 1. The van der Waals surface area contributed by atoms with Crippen molar-refractivity contribution in [2.24, 2.45) is 0 Å². The molecular weight excluding hydrogens is 267 g/mol. The lowest BCUT2D eigenvalue weighted by Gasteiger charge is -2.01. The lowest BCUT2D eigenvalue weighted by atomic mass is 10.1. The molecule has 0 aliphatic rings. The minimum atomic E-state index is -0.306. The van der Waals surface area contributed by atoms with Crippen LogP contribution in [0.1, 0.15) is 23.2 Å². The average molecular weight is 280 g/mol. The number of carbonyl (C=O) groups excluding carboxylic acids is 1. The maximum atomic E-state index is 12.7. The van der Waals surface area contributed by atoms with E-state index in [1.807, 2.05) is 11.4 Å². The molecule has 1 heterocycles. The van der Waals surface area contributed by atoms with Crippen molar-refractivity contribution in [1.82, 2.24) is 0 Å². The van der Waals surface area contributed by atoms with Crippen LogP contribution in [0.4, 0.5) is 4.39 Å². The molecule has 1 nitrogen and oxygen atoms in total. The number of hydrogen-bond donors (Lipinski definition) is 0. The molecule has 0 atom stereocenters. The van der Waals surface area contributed by atoms with Crippen LogP contribution in [0.5, 0.6) is 0 Å². The first-order valence-corrected chi connectivity index (χ1v) is 7.57. The minimum absolute atomic E-state index is 0.0850. The zero-order chi connectivity index (χ0) is 12.8. The lowest BCUT2D eigenvalue weighted by Crippen LogP contribution is -1.99. The Hall–Kier alpha value is -1.13. The fraction of sp³-hybridized carbons (Fsp3) is 0.214. The molecule has 0 unspecified atom stereocenters. The van der Waals surface area contributed by atoms with Crippen molar-refractivity contribution in [3.8, 4) is 0 Å². The van der Waals surface area contributed by atoms with Gasteiger partial charge in [0.15, 0.2) is 5.78 Å². The quantitative estimate of drug-likeness (QED) is 0.435. The third-order valence-corrected chi connectivity index (χ3v) is 4.67. The van der Waals surface area contributed by atoms with Crippen molar-refractivity contribution in [1.29, 1.82) is 0 Å². The van der Waals surface area contributed by atoms with Gasteiger partial charge in [-0.3, -0.25) is 4.79 Å². The minimum Gasteiger partial charge on any atom is -0.294 e. The highest BCUT2D eigenvalue weighted by molar-refractivity contribution is 8.01. The van der Waals surface area contributed by atoms with Gasteiger partial charge in [-0.25, -0.2) is 4.39 Å². The first-order chi connectivity index (χ1) is 8.75. The summed E-state index contributed by atoms with van der Waals surface area (Å²) in [6.45, 7) is 0. The smallest absolute Gasteiger partial charge is 0.162 e. The second-order valence-electron chi connectivity index (χ2n) is 3.81. The van der Waals surface area contributed by atoms with Gasteiger partial charge in [0, 0.05) is 12.0 Å². The number of carbonyl (C=O) groups is 1. The summed E-state index contributed by atoms with van der Waals surface area (Å²) in [5, 5.41) is 2.05. The highest BCUT2D eigenvalue weighted by Gasteiger charge is 2.05. The number of Topliss-reactive ketones (excluding diaryl/α,β-unsaturated/α-hetero) is 1. The van der Waals surface area contributed by atoms with E-state index in [0.29, 0.717) is 12.0 Å². The molecule has 0 N–H and O–H groups in total. The molecule has 1 aromatic carbocycles. The molecule has 0 aliphatic carbocycles. The molecule has 0 spiro atoms. The maximum absolute atomic E-state index is 12.7. The van der Waals surface area contributed by atoms with E-state index in [1.54, 1.807) is 35.2 Å². The van der Waals surface area contributed by atoms with E-state index in [-0.39, 0.29) is 11.6 Å². The van der Waals surface area contributed by atoms with E-state index in [9.17, 15) is 9.18 Å². The van der Waals surface area contributed by atoms with Crippen LogP contribution < -0.4 is 0 Å². The number of rotatable bonds is 6. The topological polar surface area (TPSA) is 17.1 Å². The third kappa shape index (κ3) is 3.96. The Balaban J connectivity index is 1.73. The van der Waals surface area contributed by atoms with Crippen molar-refractivity contribution in [3.05, 3.63) is 53.2 Å². The second-order valence-corrected chi connectivity index (χ2v) is 6.16. The van der Waals surface area contributed by atoms with Gasteiger partial charge in [0.1, 0.15) is 5.82 Å². The van der Waals surface area contributed by atoms with E-state index >= 15 is 0 Å². The Labute approximate surface area is 114 Å². The Kier molecular flexibility index (Phi) is 4.96. The Bertz CT molecular complexity index is 491. The fourth-order valence-corrected chi connectivity index (χ4v) is 3.33. The van der Waals surface area contributed by atoms with Gasteiger partial charge in [-0.15, -0.1) is 23.1 Å². The van der Waals surface area contributed by atoms with Gasteiger partial charge >= 0.3 is 0 Å². The summed E-state index contributed by atoms with van der Waals surface area (Å²) in [5.41, 5.74) is 0.595. The Morgan fingerprint density at radius 1 is 1.22 bits per heavy atom. The van der Waals surface area contributed by atoms with E-state index in [1.165, 1.54) is 16.3 Å². The van der Waals surface area contributed by atoms with Gasteiger partial charge in [-0.05, 0) is 47.9 Å². The third-order valence-electron chi connectivity index (χ3n) is 2.45. The van der Waals surface area contributed by atoms with Crippen molar-refractivity contribution in [2.45, 2.75) is 17.1 Å². The van der Waals surface area contributed by atoms with Gasteiger partial charge in [0.25, 0.3) is 0 Å². The molecule has 4 heteroatoms. The van der Waals surface area contributed by atoms with E-state index < -0.39 is 0 Å². The largest absolute Gasteiger partial charge is 0.294 e. The van der Waals surface area contributed by atoms with Gasteiger partial charge in [-0.1, -0.05) is 6.07 Å². The van der Waals surface area contributed by atoms with Gasteiger partial charge in [-0.2, -0.15) is 0 Å². The normalized spacial score (nSPS) is 10.5. The van der Waals surface area contributed by atoms with Crippen LogP contribution in [0.3, 0.4) is 0 Å². The van der Waals surface area contributed by atoms with Crippen LogP contribution >= 0.6 is 23.1 Å². The molecule has 0 bridgehead atoms. The second kappa shape index (κ2) is 6.71. The van der Waals surface area contributed by atoms with Crippen molar-refractivity contribution >= 4 is 28.9 Å². The maximum Gasteiger partial charge on any atom is 0.162 e. The van der Waals surface area contributed by atoms with E-state index in [0.717, 1.165) is 12.2 Å². The molecule has 2 rings (SSSR count). The highest BCUT2D eigenvalue weighted by atomic mass is 32.2. The molecule has 18 heavy (non-hydrogen) atoms. The SMILES string of the molecule is O=C(CCCSc1cccs1)c1ccc(F)cc1. The summed E-state index contributed by atoms with van der Waals surface area (Å²) < 4.78 is 14.0. The van der Waals surface area contributed by atoms with Gasteiger partial charge in [0.05, 0.1) is 4.21 Å². The summed E-state index contributed by atoms with van der Waals surface area (Å²) in [6, 6.07) is 9.85. The molecule has 0 saturated heterocycles. The van der Waals surface area contributed by atoms with Crippen molar-refractivity contribution in [3.63, 3.8) is 0 Å². The Morgan fingerprint density at radius 2 is 2.00 bits per heavy atom. The first-order valence-electron chi connectivity index (χ1n) is 5.71. The van der Waals surface area contributed by atoms with Crippen LogP contribution in [0.25, 0.3) is 0 Å². The molecule has 0 aliphatic heterocycles. The molecular formula is C14H13FOS2. The summed E-state index contributed by atoms with van der Waals surface area (Å²) in [4.78, 5) is 11.8. The number of ketones is 1. The molecule has 0 radical (unpaired) electrons. The zero-order valence-electron chi connectivity index (χ0n) is 9.77. The van der Waals surface area contributed by atoms with Crippen LogP contribution in [-0.2, 0) is 0 Å². The number of halogens is 1. The summed E-state index contributed by atoms with van der Waals surface area (Å²) in [7, 11) is 0. The van der Waals surface area contributed by atoms with E-state index in [4.69, 9.17) is 0 Å². The van der Waals surface area contributed by atoms with Crippen LogP contribution in [0.2, 0.25) is 0 Å². The highest BCUT2D eigenvalue weighted by Crippen LogP contribution is 2.24. The fourth-order valence-electron chi connectivity index (χ4n) is 1.53. The molecule has 0 fully saturated rings. The van der Waals surface area contributed by atoms with Gasteiger partial charge < -0.3 is 0 Å². The average Bonchev–Trinajstić information content (AvgIpc) is 2.88. The van der Waals surface area contributed by atoms with Crippen molar-refractivity contribution < 1.29 is 9.18 Å². The number of thioether (sulfide) groups is 1. The summed E-state index contributed by atoms with van der Waals surface area (Å²) in [6.07, 6.45) is 1.36. The standard InChI is InChI=1S/C14H13FOS2/c15-12-7-5-11(6-8-12)13(16)3-1-9-17-14-4-2-10-18-14/h2,4-8,10H,1,3,9H2. The molecule has 2 aromatic rings. The summed E-state index contributed by atoms with van der Waals surface area (Å²) >= 11 is 3.49. The number of benzene rings is 1. The first kappa shape index (κ1) is 13.3. The predicted octanol–water partition coefficient (Wildman–Crippen LogP) is 4.64. The monoisotopic (exact) mass is 280 g/mol. The van der Waals surface area contributed by atoms with Crippen LogP contribution in [-0.4, -0.2) is 11.5 Å². The lowest BCUT2D eigenvalue weighted by molar-refractivity contribution is 0.0982. The molecule has 0 saturated carbocycles. The molecule has 1 aromatic heterocycles. The Morgan fingerprint density at radius 3 is 2.67 bits per heavy atom. The van der Waals surface area contributed by atoms with E-state index in [2.05, 4.69) is 6.07 Å². The van der Waals surface area contributed by atoms with Gasteiger partial charge in [0.2, 0.25) is 0 Å². The molecule has 0 amide bonds. The van der Waals surface area contributed by atoms with Crippen molar-refractivity contribution in [2.75, 3.05) is 5.75 Å². The number of hydrogen-bond acceptors (Lipinski definition) is 3. The van der Waals surface area contributed by atoms with Crippen LogP contribution in [0, 0.1) is 5.82 Å². The molecule has 94 valence electrons. The predicted molar refractivity (Wildman–Crippen MR) is 75.0 cm³/mol. The zero-order valence-corrected chi connectivity index (χ0v) is 11.4.